The second kappa shape index (κ2) is 5.15. The molecule has 1 atom stereocenters. The second-order valence-electron chi connectivity index (χ2n) is 3.46. The Labute approximate surface area is 88.8 Å². The van der Waals surface area contributed by atoms with Crippen molar-refractivity contribution in [2.45, 2.75) is 38.0 Å². The lowest BCUT2D eigenvalue weighted by molar-refractivity contribution is -0.138. The third-order valence-corrected chi connectivity index (χ3v) is 2.57. The van der Waals surface area contributed by atoms with Crippen molar-refractivity contribution >= 4 is 23.3 Å². The number of carbonyl (C=O) groups is 1. The van der Waals surface area contributed by atoms with E-state index in [0.717, 1.165) is 31.4 Å². The zero-order chi connectivity index (χ0) is 10.6. The summed E-state index contributed by atoms with van der Waals surface area (Å²) in [5.41, 5.74) is 1.11. The molecule has 78 valence electrons. The summed E-state index contributed by atoms with van der Waals surface area (Å²) in [6, 6.07) is 0. The molecule has 0 aliphatic heterocycles. The maximum absolute atomic E-state index is 11.0. The molecule has 14 heavy (non-hydrogen) atoms. The molecule has 1 aliphatic carbocycles. The molecule has 0 aromatic heterocycles. The largest absolute Gasteiger partial charge is 0.360 e. The Morgan fingerprint density at radius 2 is 2.36 bits per heavy atom. The van der Waals surface area contributed by atoms with Crippen molar-refractivity contribution in [3.05, 3.63) is 12.2 Å². The number of oxime groups is 1. The topological polar surface area (TPSA) is 38.7 Å². The van der Waals surface area contributed by atoms with Crippen molar-refractivity contribution in [3.8, 4) is 0 Å². The van der Waals surface area contributed by atoms with Crippen molar-refractivity contribution in [2.24, 2.45) is 5.16 Å². The second-order valence-corrected chi connectivity index (χ2v) is 3.98. The van der Waals surface area contributed by atoms with Crippen LogP contribution in [-0.2, 0) is 9.63 Å². The van der Waals surface area contributed by atoms with Crippen LogP contribution in [0.2, 0.25) is 0 Å². The van der Waals surface area contributed by atoms with Crippen LogP contribution in [0.1, 0.15) is 32.6 Å². The molecular formula is C10H14ClNO2. The Morgan fingerprint density at radius 1 is 1.64 bits per heavy atom. The van der Waals surface area contributed by atoms with Crippen LogP contribution >= 0.6 is 11.6 Å². The van der Waals surface area contributed by atoms with Gasteiger partial charge in [-0.25, -0.2) is 4.79 Å². The van der Waals surface area contributed by atoms with E-state index >= 15 is 0 Å². The van der Waals surface area contributed by atoms with E-state index in [9.17, 15) is 4.79 Å². The van der Waals surface area contributed by atoms with Gasteiger partial charge in [0.2, 0.25) is 0 Å². The van der Waals surface area contributed by atoms with Crippen molar-refractivity contribution in [1.82, 2.24) is 0 Å². The Balaban J connectivity index is 2.50. The van der Waals surface area contributed by atoms with Crippen LogP contribution in [0, 0.1) is 0 Å². The summed E-state index contributed by atoms with van der Waals surface area (Å²) in [4.78, 5) is 15.7. The van der Waals surface area contributed by atoms with E-state index in [1.807, 2.05) is 0 Å². The van der Waals surface area contributed by atoms with Crippen LogP contribution in [0.3, 0.4) is 0 Å². The number of nitrogens with zero attached hydrogens (tertiary/aromatic N) is 1. The van der Waals surface area contributed by atoms with Gasteiger partial charge in [-0.05, 0) is 26.2 Å². The number of hydrogen-bond acceptors (Lipinski definition) is 3. The molecular weight excluding hydrogens is 202 g/mol. The van der Waals surface area contributed by atoms with Crippen molar-refractivity contribution in [2.75, 3.05) is 0 Å². The molecule has 1 fully saturated rings. The highest BCUT2D eigenvalue weighted by Crippen LogP contribution is 2.20. The highest BCUT2D eigenvalue weighted by Gasteiger charge is 2.18. The molecule has 0 aromatic carbocycles. The number of halogens is 1. The first-order chi connectivity index (χ1) is 6.61. The molecule has 0 spiro atoms. The molecule has 0 radical (unpaired) electrons. The molecule has 1 aliphatic rings. The van der Waals surface area contributed by atoms with Gasteiger partial charge in [0.1, 0.15) is 0 Å². The normalized spacial score (nSPS) is 24.7. The first-order valence-electron chi connectivity index (χ1n) is 4.69. The smallest absolute Gasteiger partial charge is 0.313 e. The molecule has 0 aromatic rings. The number of rotatable bonds is 2. The van der Waals surface area contributed by atoms with Gasteiger partial charge in [0, 0.05) is 5.57 Å². The van der Waals surface area contributed by atoms with Gasteiger partial charge in [-0.2, -0.15) is 0 Å². The van der Waals surface area contributed by atoms with Crippen LogP contribution in [0.5, 0.6) is 0 Å². The minimum atomic E-state index is -0.494. The zero-order valence-corrected chi connectivity index (χ0v) is 9.01. The molecule has 0 N–H and O–H groups in total. The fourth-order valence-electron chi connectivity index (χ4n) is 1.23. The van der Waals surface area contributed by atoms with E-state index in [2.05, 4.69) is 16.6 Å². The lowest BCUT2D eigenvalue weighted by Crippen LogP contribution is -2.20. The Kier molecular flexibility index (Phi) is 4.14. The van der Waals surface area contributed by atoms with Crippen LogP contribution in [-0.4, -0.2) is 17.1 Å². The molecule has 0 saturated heterocycles. The number of alkyl halides is 1. The summed E-state index contributed by atoms with van der Waals surface area (Å²) >= 11 is 6.00. The molecule has 0 amide bonds. The average molecular weight is 216 g/mol. The summed E-state index contributed by atoms with van der Waals surface area (Å²) in [6.45, 7) is 5.05. The number of carbonyl (C=O) groups excluding carboxylic acids is 1. The SMILES string of the molecule is C=C(C)C(=O)ON=C1CCCCC1Cl. The first kappa shape index (κ1) is 11.2. The van der Waals surface area contributed by atoms with Gasteiger partial charge in [0.05, 0.1) is 11.1 Å². The molecule has 4 heteroatoms. The predicted octanol–water partition coefficient (Wildman–Crippen LogP) is 2.64. The van der Waals surface area contributed by atoms with Crippen molar-refractivity contribution in [3.63, 3.8) is 0 Å². The first-order valence-corrected chi connectivity index (χ1v) is 5.12. The molecule has 3 nitrogen and oxygen atoms in total. The van der Waals surface area contributed by atoms with Crippen molar-refractivity contribution < 1.29 is 9.63 Å². The summed E-state index contributed by atoms with van der Waals surface area (Å²) < 4.78 is 0. The van der Waals surface area contributed by atoms with Gasteiger partial charge in [-0.3, -0.25) is 0 Å². The highest BCUT2D eigenvalue weighted by molar-refractivity contribution is 6.32. The summed E-state index contributed by atoms with van der Waals surface area (Å²) in [5, 5.41) is 3.68. The maximum atomic E-state index is 11.0. The predicted molar refractivity (Wildman–Crippen MR) is 56.5 cm³/mol. The van der Waals surface area contributed by atoms with E-state index in [-0.39, 0.29) is 5.38 Å². The van der Waals surface area contributed by atoms with E-state index in [1.54, 1.807) is 6.92 Å². The minimum Gasteiger partial charge on any atom is -0.313 e. The summed E-state index contributed by atoms with van der Waals surface area (Å²) in [6.07, 6.45) is 3.90. The monoisotopic (exact) mass is 215 g/mol. The lowest BCUT2D eigenvalue weighted by Gasteiger charge is -2.17. The van der Waals surface area contributed by atoms with Crippen LogP contribution in [0.15, 0.2) is 17.3 Å². The molecule has 1 rings (SSSR count). The summed E-state index contributed by atoms with van der Waals surface area (Å²) in [5.74, 6) is -0.494. The molecule has 1 saturated carbocycles. The highest BCUT2D eigenvalue weighted by atomic mass is 35.5. The Bertz CT molecular complexity index is 273. The van der Waals surface area contributed by atoms with Gasteiger partial charge in [0.25, 0.3) is 0 Å². The molecule has 0 heterocycles. The number of hydrogen-bond donors (Lipinski definition) is 0. The van der Waals surface area contributed by atoms with Gasteiger partial charge < -0.3 is 4.84 Å². The van der Waals surface area contributed by atoms with Crippen LogP contribution in [0.25, 0.3) is 0 Å². The molecule has 1 unspecified atom stereocenters. The Morgan fingerprint density at radius 3 is 2.93 bits per heavy atom. The van der Waals surface area contributed by atoms with Crippen LogP contribution in [0.4, 0.5) is 0 Å². The fourth-order valence-corrected chi connectivity index (χ4v) is 1.54. The fraction of sp³-hybridized carbons (Fsp3) is 0.600. The molecule has 0 bridgehead atoms. The van der Waals surface area contributed by atoms with Gasteiger partial charge in [-0.1, -0.05) is 18.2 Å². The lowest BCUT2D eigenvalue weighted by atomic mass is 9.98. The van der Waals surface area contributed by atoms with Crippen LogP contribution < -0.4 is 0 Å². The Hall–Kier alpha value is -0.830. The van der Waals surface area contributed by atoms with E-state index < -0.39 is 5.97 Å². The van der Waals surface area contributed by atoms with Gasteiger partial charge in [0.15, 0.2) is 0 Å². The average Bonchev–Trinajstić information content (AvgIpc) is 2.16. The van der Waals surface area contributed by atoms with Crippen molar-refractivity contribution in [1.29, 1.82) is 0 Å². The quantitative estimate of drug-likeness (QED) is 0.307. The third-order valence-electron chi connectivity index (χ3n) is 2.10. The van der Waals surface area contributed by atoms with Gasteiger partial charge >= 0.3 is 5.97 Å². The van der Waals surface area contributed by atoms with Gasteiger partial charge in [-0.15, -0.1) is 11.6 Å². The zero-order valence-electron chi connectivity index (χ0n) is 8.25. The maximum Gasteiger partial charge on any atom is 0.360 e. The third kappa shape index (κ3) is 3.14. The van der Waals surface area contributed by atoms with E-state index in [4.69, 9.17) is 11.6 Å². The summed E-state index contributed by atoms with van der Waals surface area (Å²) in [7, 11) is 0. The standard InChI is InChI=1S/C10H14ClNO2/c1-7(2)10(13)14-12-9-6-4-3-5-8(9)11/h8H,1,3-6H2,2H3. The van der Waals surface area contributed by atoms with E-state index in [0.29, 0.717) is 5.57 Å². The van der Waals surface area contributed by atoms with E-state index in [1.165, 1.54) is 0 Å². The minimum absolute atomic E-state index is 0.0818.